The Morgan fingerprint density at radius 2 is 1.92 bits per heavy atom. The van der Waals surface area contributed by atoms with E-state index < -0.39 is 24.2 Å². The third-order valence-corrected chi connectivity index (χ3v) is 3.92. The molecule has 1 amide bonds. The number of nitrogens with zero attached hydrogens (tertiary/aromatic N) is 3. The average Bonchev–Trinajstić information content (AvgIpc) is 2.95. The first-order valence-corrected chi connectivity index (χ1v) is 7.40. The van der Waals surface area contributed by atoms with E-state index in [0.717, 1.165) is 5.56 Å². The van der Waals surface area contributed by atoms with E-state index in [1.165, 1.54) is 36.7 Å². The average molecular weight is 349 g/mol. The molecule has 3 rings (SSSR count). The summed E-state index contributed by atoms with van der Waals surface area (Å²) in [4.78, 5) is 16.4. The standard InChI is InChI=1S/C17H14F3N3O2/c1-11-4-6-12(7-5-11)15(24)23-16(25,17(18,19)20)9-14(22-23)13-3-2-8-21-10-13/h2-8,10,25H,9H2,1H3. The second-order valence-corrected chi connectivity index (χ2v) is 5.76. The number of alkyl halides is 3. The predicted octanol–water partition coefficient (Wildman–Crippen LogP) is 2.89. The van der Waals surface area contributed by atoms with E-state index in [2.05, 4.69) is 10.1 Å². The minimum Gasteiger partial charge on any atom is -0.362 e. The lowest BCUT2D eigenvalue weighted by Crippen LogP contribution is -2.56. The number of amides is 1. The normalized spacial score (nSPS) is 20.5. The number of carbonyl (C=O) groups is 1. The molecule has 130 valence electrons. The highest BCUT2D eigenvalue weighted by Gasteiger charge is 2.63. The van der Waals surface area contributed by atoms with Crippen LogP contribution >= 0.6 is 0 Å². The smallest absolute Gasteiger partial charge is 0.362 e. The molecule has 1 aromatic carbocycles. The summed E-state index contributed by atoms with van der Waals surface area (Å²) in [7, 11) is 0. The van der Waals surface area contributed by atoms with Gasteiger partial charge in [-0.15, -0.1) is 0 Å². The van der Waals surface area contributed by atoms with Crippen LogP contribution in [-0.2, 0) is 0 Å². The number of aliphatic hydroxyl groups is 1. The molecule has 1 atom stereocenters. The number of carbonyl (C=O) groups excluding carboxylic acids is 1. The lowest BCUT2D eigenvalue weighted by atomic mass is 10.0. The van der Waals surface area contributed by atoms with E-state index in [9.17, 15) is 23.1 Å². The molecule has 0 fully saturated rings. The molecular weight excluding hydrogens is 335 g/mol. The van der Waals surface area contributed by atoms with Crippen LogP contribution in [0.1, 0.15) is 27.9 Å². The van der Waals surface area contributed by atoms with Crippen molar-refractivity contribution >= 4 is 11.6 Å². The number of hydrazone groups is 1. The zero-order valence-corrected chi connectivity index (χ0v) is 13.2. The number of aromatic nitrogens is 1. The monoisotopic (exact) mass is 349 g/mol. The molecule has 2 aromatic rings. The van der Waals surface area contributed by atoms with Crippen molar-refractivity contribution in [3.63, 3.8) is 0 Å². The van der Waals surface area contributed by atoms with Gasteiger partial charge in [0.15, 0.2) is 0 Å². The minimum atomic E-state index is -5.07. The Hall–Kier alpha value is -2.74. The topological polar surface area (TPSA) is 65.8 Å². The molecular formula is C17H14F3N3O2. The maximum absolute atomic E-state index is 13.5. The Morgan fingerprint density at radius 1 is 1.24 bits per heavy atom. The van der Waals surface area contributed by atoms with Crippen molar-refractivity contribution in [3.05, 3.63) is 65.5 Å². The highest BCUT2D eigenvalue weighted by molar-refractivity contribution is 6.05. The summed E-state index contributed by atoms with van der Waals surface area (Å²) in [5.41, 5.74) is -2.30. The number of halogens is 3. The van der Waals surface area contributed by atoms with Crippen molar-refractivity contribution in [2.24, 2.45) is 5.10 Å². The lowest BCUT2D eigenvalue weighted by Gasteiger charge is -2.32. The second-order valence-electron chi connectivity index (χ2n) is 5.76. The molecule has 1 unspecified atom stereocenters. The third kappa shape index (κ3) is 3.00. The van der Waals surface area contributed by atoms with Crippen molar-refractivity contribution in [3.8, 4) is 0 Å². The van der Waals surface area contributed by atoms with Gasteiger partial charge in [0.1, 0.15) is 0 Å². The van der Waals surface area contributed by atoms with Gasteiger partial charge in [0.05, 0.1) is 12.1 Å². The number of hydrogen-bond donors (Lipinski definition) is 1. The summed E-state index contributed by atoms with van der Waals surface area (Å²) < 4.78 is 40.5. The molecule has 1 aliphatic rings. The van der Waals surface area contributed by atoms with Crippen LogP contribution in [0.2, 0.25) is 0 Å². The van der Waals surface area contributed by atoms with Gasteiger partial charge in [0, 0.05) is 23.5 Å². The van der Waals surface area contributed by atoms with Crippen molar-refractivity contribution < 1.29 is 23.1 Å². The fraction of sp³-hybridized carbons (Fsp3) is 0.235. The summed E-state index contributed by atoms with van der Waals surface area (Å²) in [5, 5.41) is 14.1. The van der Waals surface area contributed by atoms with Crippen molar-refractivity contribution in [2.45, 2.75) is 25.2 Å². The minimum absolute atomic E-state index is 0.00413. The highest BCUT2D eigenvalue weighted by Crippen LogP contribution is 2.41. The molecule has 2 heterocycles. The summed E-state index contributed by atoms with van der Waals surface area (Å²) in [5.74, 6) is -1.03. The maximum atomic E-state index is 13.5. The largest absolute Gasteiger partial charge is 0.438 e. The molecule has 0 saturated heterocycles. The third-order valence-electron chi connectivity index (χ3n) is 3.92. The first-order valence-electron chi connectivity index (χ1n) is 7.40. The summed E-state index contributed by atoms with van der Waals surface area (Å²) in [6.45, 7) is 1.79. The number of aryl methyl sites for hydroxylation is 1. The van der Waals surface area contributed by atoms with Gasteiger partial charge in [-0.2, -0.15) is 23.3 Å². The van der Waals surface area contributed by atoms with Crippen LogP contribution in [0.4, 0.5) is 13.2 Å². The fourth-order valence-corrected chi connectivity index (χ4v) is 2.49. The molecule has 1 aliphatic heterocycles. The number of rotatable bonds is 2. The quantitative estimate of drug-likeness (QED) is 0.907. The van der Waals surface area contributed by atoms with E-state index >= 15 is 0 Å². The van der Waals surface area contributed by atoms with Gasteiger partial charge in [-0.1, -0.05) is 23.8 Å². The number of hydrogen-bond acceptors (Lipinski definition) is 4. The van der Waals surface area contributed by atoms with Crippen molar-refractivity contribution in [2.75, 3.05) is 0 Å². The van der Waals surface area contributed by atoms with E-state index in [1.54, 1.807) is 19.1 Å². The molecule has 25 heavy (non-hydrogen) atoms. The highest BCUT2D eigenvalue weighted by atomic mass is 19.4. The van der Waals surface area contributed by atoms with Crippen LogP contribution in [0.5, 0.6) is 0 Å². The molecule has 0 saturated carbocycles. The SMILES string of the molecule is Cc1ccc(C(=O)N2N=C(c3cccnc3)CC2(O)C(F)(F)F)cc1. The van der Waals surface area contributed by atoms with Crippen molar-refractivity contribution in [1.29, 1.82) is 0 Å². The van der Waals surface area contributed by atoms with E-state index in [4.69, 9.17) is 0 Å². The second kappa shape index (κ2) is 5.96. The van der Waals surface area contributed by atoms with E-state index in [-0.39, 0.29) is 16.3 Å². The molecule has 5 nitrogen and oxygen atoms in total. The molecule has 0 aliphatic carbocycles. The van der Waals surface area contributed by atoms with Gasteiger partial charge in [-0.25, -0.2) is 0 Å². The van der Waals surface area contributed by atoms with Gasteiger partial charge in [-0.05, 0) is 25.1 Å². The van der Waals surface area contributed by atoms with Gasteiger partial charge in [-0.3, -0.25) is 9.78 Å². The number of pyridine rings is 1. The predicted molar refractivity (Wildman–Crippen MR) is 83.7 cm³/mol. The summed E-state index contributed by atoms with van der Waals surface area (Å²) in [6.07, 6.45) is -3.14. The Morgan fingerprint density at radius 3 is 2.48 bits per heavy atom. The van der Waals surface area contributed by atoms with Crippen LogP contribution in [0, 0.1) is 6.92 Å². The maximum Gasteiger partial charge on any atom is 0.438 e. The zero-order chi connectivity index (χ0) is 18.2. The van der Waals surface area contributed by atoms with Gasteiger partial charge < -0.3 is 5.11 Å². The zero-order valence-electron chi connectivity index (χ0n) is 13.2. The Bertz CT molecular complexity index is 819. The molecule has 1 N–H and O–H groups in total. The van der Waals surface area contributed by atoms with E-state index in [1.807, 2.05) is 0 Å². The number of benzene rings is 1. The molecule has 0 radical (unpaired) electrons. The Kier molecular flexibility index (Phi) is 4.08. The molecule has 1 aromatic heterocycles. The van der Waals surface area contributed by atoms with Crippen LogP contribution in [0.3, 0.4) is 0 Å². The lowest BCUT2D eigenvalue weighted by molar-refractivity contribution is -0.297. The van der Waals surface area contributed by atoms with Crippen molar-refractivity contribution in [1.82, 2.24) is 9.99 Å². The van der Waals surface area contributed by atoms with Gasteiger partial charge >= 0.3 is 6.18 Å². The van der Waals surface area contributed by atoms with E-state index in [0.29, 0.717) is 5.56 Å². The molecule has 8 heteroatoms. The fourth-order valence-electron chi connectivity index (χ4n) is 2.49. The van der Waals surface area contributed by atoms with Crippen LogP contribution in [-0.4, -0.2) is 38.6 Å². The first-order chi connectivity index (χ1) is 11.7. The first kappa shape index (κ1) is 17.1. The molecule has 0 bridgehead atoms. The molecule has 0 spiro atoms. The Balaban J connectivity index is 2.04. The van der Waals surface area contributed by atoms with Crippen LogP contribution in [0.25, 0.3) is 0 Å². The Labute approximate surface area is 141 Å². The van der Waals surface area contributed by atoms with Gasteiger partial charge in [0.25, 0.3) is 11.6 Å². The van der Waals surface area contributed by atoms with Gasteiger partial charge in [0.2, 0.25) is 0 Å². The van der Waals surface area contributed by atoms with Crippen LogP contribution in [0.15, 0.2) is 53.9 Å². The summed E-state index contributed by atoms with van der Waals surface area (Å²) >= 11 is 0. The summed E-state index contributed by atoms with van der Waals surface area (Å²) in [6, 6.07) is 9.04. The van der Waals surface area contributed by atoms with Crippen LogP contribution < -0.4 is 0 Å².